The number of rotatable bonds is 10. The zero-order valence-electron chi connectivity index (χ0n) is 30.4. The van der Waals surface area contributed by atoms with Gasteiger partial charge in [-0.2, -0.15) is 0 Å². The first kappa shape index (κ1) is 34.4. The zero-order valence-corrected chi connectivity index (χ0v) is 30.4. The molecular formula is C48H38N6O2. The fourth-order valence-electron chi connectivity index (χ4n) is 8.31. The van der Waals surface area contributed by atoms with Gasteiger partial charge in [-0.05, 0) is 33.4 Å². The number of amides is 2. The van der Waals surface area contributed by atoms with Gasteiger partial charge in [-0.25, -0.2) is 9.97 Å². The second-order valence-corrected chi connectivity index (χ2v) is 13.9. The third-order valence-electron chi connectivity index (χ3n) is 10.8. The molecule has 1 saturated heterocycles. The Labute approximate surface area is 325 Å². The van der Waals surface area contributed by atoms with Crippen molar-refractivity contribution in [2.45, 2.75) is 23.2 Å². The number of hydrogen-bond donors (Lipinski definition) is 2. The molecule has 1 aliphatic rings. The highest BCUT2D eigenvalue weighted by Crippen LogP contribution is 2.43. The third-order valence-corrected chi connectivity index (χ3v) is 10.8. The number of imidazole rings is 2. The zero-order chi connectivity index (χ0) is 38.0. The van der Waals surface area contributed by atoms with E-state index in [9.17, 15) is 9.59 Å². The molecule has 8 nitrogen and oxygen atoms in total. The van der Waals surface area contributed by atoms with Crippen molar-refractivity contribution < 1.29 is 9.59 Å². The molecule has 1 fully saturated rings. The van der Waals surface area contributed by atoms with E-state index in [1.54, 1.807) is 12.7 Å². The molecule has 0 saturated carbocycles. The number of aromatic nitrogens is 4. The van der Waals surface area contributed by atoms with Gasteiger partial charge < -0.3 is 19.8 Å². The van der Waals surface area contributed by atoms with E-state index < -0.39 is 23.2 Å². The quantitative estimate of drug-likeness (QED) is 0.141. The van der Waals surface area contributed by atoms with Crippen molar-refractivity contribution in [1.29, 1.82) is 0 Å². The van der Waals surface area contributed by atoms with Gasteiger partial charge in [0, 0.05) is 12.4 Å². The Morgan fingerprint density at radius 1 is 0.375 bits per heavy atom. The maximum atomic E-state index is 14.1. The summed E-state index contributed by atoms with van der Waals surface area (Å²) in [6, 6.07) is 59.4. The maximum Gasteiger partial charge on any atom is 0.249 e. The van der Waals surface area contributed by atoms with Gasteiger partial charge in [0.25, 0.3) is 0 Å². The highest BCUT2D eigenvalue weighted by molar-refractivity contribution is 5.97. The molecule has 0 radical (unpaired) electrons. The number of nitrogens with zero attached hydrogens (tertiary/aromatic N) is 4. The fraction of sp³-hybridized carbons (Fsp3) is 0.0833. The highest BCUT2D eigenvalue weighted by atomic mass is 16.2. The van der Waals surface area contributed by atoms with Crippen molar-refractivity contribution in [2.24, 2.45) is 0 Å². The standard InChI is InChI=1S/C48H38N6O2/c55-45-43(41-31-53(33-49-41)47(35-19-7-1-8-20-35,36-21-9-2-10-22-36)37-23-11-3-12-24-37)51-46(56)44(52-45)42-32-54(34-50-42)48(38-25-13-4-14-26-38,39-27-15-5-16-28-39)40-29-17-6-18-30-40/h1-34,43-44H,(H,51,56)(H,52,55)/t43-,44-/m0/s1. The van der Waals surface area contributed by atoms with Crippen LogP contribution in [0.15, 0.2) is 207 Å². The monoisotopic (exact) mass is 730 g/mol. The number of hydrogen-bond acceptors (Lipinski definition) is 4. The molecular weight excluding hydrogens is 693 g/mol. The van der Waals surface area contributed by atoms with Crippen LogP contribution in [0.2, 0.25) is 0 Å². The van der Waals surface area contributed by atoms with E-state index in [-0.39, 0.29) is 11.8 Å². The van der Waals surface area contributed by atoms with Gasteiger partial charge >= 0.3 is 0 Å². The molecule has 6 aromatic carbocycles. The Kier molecular flexibility index (Phi) is 8.91. The van der Waals surface area contributed by atoms with E-state index in [4.69, 9.17) is 9.97 Å². The summed E-state index contributed by atoms with van der Waals surface area (Å²) in [5.41, 5.74) is 5.33. The average Bonchev–Trinajstić information content (AvgIpc) is 3.96. The highest BCUT2D eigenvalue weighted by Gasteiger charge is 2.43. The van der Waals surface area contributed by atoms with Crippen LogP contribution in [0.3, 0.4) is 0 Å². The number of benzene rings is 6. The fourth-order valence-corrected chi connectivity index (χ4v) is 8.31. The molecule has 2 atom stereocenters. The van der Waals surface area contributed by atoms with E-state index >= 15 is 0 Å². The van der Waals surface area contributed by atoms with E-state index in [1.165, 1.54) is 0 Å². The first-order valence-electron chi connectivity index (χ1n) is 18.6. The van der Waals surface area contributed by atoms with Crippen LogP contribution in [0, 0.1) is 0 Å². The van der Waals surface area contributed by atoms with Crippen molar-refractivity contribution in [1.82, 2.24) is 29.7 Å². The molecule has 1 aliphatic heterocycles. The minimum Gasteiger partial charge on any atom is -0.337 e. The van der Waals surface area contributed by atoms with Gasteiger partial charge in [0.05, 0.1) is 24.0 Å². The van der Waals surface area contributed by atoms with Crippen LogP contribution >= 0.6 is 0 Å². The number of carbonyl (C=O) groups excluding carboxylic acids is 2. The van der Waals surface area contributed by atoms with E-state index in [0.717, 1.165) is 33.4 Å². The van der Waals surface area contributed by atoms with Gasteiger partial charge in [-0.1, -0.05) is 182 Å². The number of piperazine rings is 1. The normalized spacial score (nSPS) is 15.9. The van der Waals surface area contributed by atoms with Gasteiger partial charge in [-0.15, -0.1) is 0 Å². The van der Waals surface area contributed by atoms with Crippen LogP contribution in [0.25, 0.3) is 0 Å². The van der Waals surface area contributed by atoms with Crippen LogP contribution in [0.5, 0.6) is 0 Å². The molecule has 272 valence electrons. The molecule has 2 amide bonds. The first-order valence-corrected chi connectivity index (χ1v) is 18.6. The SMILES string of the molecule is O=C1N[C@@H](c2cn(C(c3ccccc3)(c3ccccc3)c3ccccc3)cn2)C(=O)N[C@H]1c1cn(C(c2ccccc2)(c2ccccc2)c2ccccc2)cn1. The van der Waals surface area contributed by atoms with Crippen LogP contribution in [0.1, 0.15) is 56.9 Å². The minimum absolute atomic E-state index is 0.375. The largest absolute Gasteiger partial charge is 0.337 e. The predicted octanol–water partition coefficient (Wildman–Crippen LogP) is 7.79. The molecule has 0 spiro atoms. The average molecular weight is 731 g/mol. The molecule has 3 heterocycles. The lowest BCUT2D eigenvalue weighted by Gasteiger charge is -2.37. The summed E-state index contributed by atoms with van der Waals surface area (Å²) in [6.07, 6.45) is 7.21. The lowest BCUT2D eigenvalue weighted by Crippen LogP contribution is -2.53. The third kappa shape index (κ3) is 5.70. The molecule has 2 aromatic heterocycles. The summed E-state index contributed by atoms with van der Waals surface area (Å²) in [5.74, 6) is -0.751. The molecule has 56 heavy (non-hydrogen) atoms. The minimum atomic E-state index is -1.01. The van der Waals surface area contributed by atoms with Gasteiger partial charge in [0.1, 0.15) is 11.1 Å². The Bertz CT molecular complexity index is 2200. The smallest absolute Gasteiger partial charge is 0.249 e. The van der Waals surface area contributed by atoms with E-state index in [0.29, 0.717) is 11.4 Å². The Balaban J connectivity index is 1.08. The summed E-state index contributed by atoms with van der Waals surface area (Å²) in [5, 5.41) is 5.96. The Morgan fingerprint density at radius 3 is 0.839 bits per heavy atom. The van der Waals surface area contributed by atoms with Crippen LogP contribution in [-0.2, 0) is 20.7 Å². The second kappa shape index (κ2) is 14.5. The number of carbonyl (C=O) groups is 2. The first-order chi connectivity index (χ1) is 27.6. The lowest BCUT2D eigenvalue weighted by atomic mass is 9.76. The van der Waals surface area contributed by atoms with E-state index in [2.05, 4.69) is 83.4 Å². The van der Waals surface area contributed by atoms with Gasteiger partial charge in [-0.3, -0.25) is 9.59 Å². The molecule has 0 aliphatic carbocycles. The summed E-state index contributed by atoms with van der Waals surface area (Å²) < 4.78 is 4.07. The van der Waals surface area contributed by atoms with Crippen LogP contribution in [-0.4, -0.2) is 30.9 Å². The maximum absolute atomic E-state index is 14.1. The van der Waals surface area contributed by atoms with Crippen molar-refractivity contribution >= 4 is 11.8 Å². The Hall–Kier alpha value is -7.32. The molecule has 2 N–H and O–H groups in total. The topological polar surface area (TPSA) is 93.8 Å². The molecule has 9 rings (SSSR count). The molecule has 8 aromatic rings. The number of nitrogens with one attached hydrogen (secondary N) is 2. The molecule has 8 heteroatoms. The summed E-state index contributed by atoms with van der Waals surface area (Å²) in [6.45, 7) is 0. The second-order valence-electron chi connectivity index (χ2n) is 13.9. The summed E-state index contributed by atoms with van der Waals surface area (Å²) in [4.78, 5) is 37.6. The van der Waals surface area contributed by atoms with E-state index in [1.807, 2.05) is 131 Å². The van der Waals surface area contributed by atoms with Gasteiger partial charge in [0.2, 0.25) is 11.8 Å². The van der Waals surface area contributed by atoms with Crippen molar-refractivity contribution in [3.8, 4) is 0 Å². The summed E-state index contributed by atoms with van der Waals surface area (Å²) in [7, 11) is 0. The lowest BCUT2D eigenvalue weighted by molar-refractivity contribution is -0.137. The van der Waals surface area contributed by atoms with Crippen molar-refractivity contribution in [3.63, 3.8) is 0 Å². The molecule has 0 bridgehead atoms. The van der Waals surface area contributed by atoms with Crippen molar-refractivity contribution in [3.05, 3.63) is 252 Å². The Morgan fingerprint density at radius 2 is 0.607 bits per heavy atom. The van der Waals surface area contributed by atoms with Crippen LogP contribution < -0.4 is 10.6 Å². The van der Waals surface area contributed by atoms with Gasteiger partial charge in [0.15, 0.2) is 12.1 Å². The summed E-state index contributed by atoms with van der Waals surface area (Å²) >= 11 is 0. The van der Waals surface area contributed by atoms with Crippen LogP contribution in [0.4, 0.5) is 0 Å². The van der Waals surface area contributed by atoms with Crippen molar-refractivity contribution in [2.75, 3.05) is 0 Å². The molecule has 0 unspecified atom stereocenters. The predicted molar refractivity (Wildman–Crippen MR) is 215 cm³/mol.